The fourth-order valence-electron chi connectivity index (χ4n) is 4.21. The smallest absolute Gasteiger partial charge is 0.475 e. The first-order valence-electron chi connectivity index (χ1n) is 13.7. The van der Waals surface area contributed by atoms with Crippen LogP contribution in [0.4, 0.5) is 43.9 Å². The van der Waals surface area contributed by atoms with E-state index in [1.165, 1.54) is 28.7 Å². The first-order chi connectivity index (χ1) is 23.8. The number of fused-ring (bicyclic) bond motifs is 2. The average Bonchev–Trinajstić information content (AvgIpc) is 3.37. The van der Waals surface area contributed by atoms with Crippen molar-refractivity contribution in [3.63, 3.8) is 0 Å². The zero-order valence-corrected chi connectivity index (χ0v) is 26.4. The summed E-state index contributed by atoms with van der Waals surface area (Å²) in [6.45, 7) is 1.60. The zero-order valence-electron chi connectivity index (χ0n) is 25.6. The van der Waals surface area contributed by atoms with Crippen LogP contribution in [0.1, 0.15) is 11.3 Å². The number of hydrogen-bond donors (Lipinski definition) is 3. The molecule has 0 aliphatic carbocycles. The molecule has 286 valence electrons. The number of carboxylic acids is 3. The highest BCUT2D eigenvalue weighted by molar-refractivity contribution is 7.89. The predicted molar refractivity (Wildman–Crippen MR) is 152 cm³/mol. The number of hydrogen-bond acceptors (Lipinski definition) is 9. The molecule has 0 saturated carbocycles. The highest BCUT2D eigenvalue weighted by Gasteiger charge is 2.47. The lowest BCUT2D eigenvalue weighted by Crippen LogP contribution is -2.46. The summed E-state index contributed by atoms with van der Waals surface area (Å²) in [5, 5.41) is 21.4. The van der Waals surface area contributed by atoms with Gasteiger partial charge in [-0.2, -0.15) is 43.8 Å². The standard InChI is InChI=1S/C22H21FN4O3S.3C2HF3O2/c23-17-6-3-5-16(11-17)12-26-14-19-20(15-26)30-22-21(8-4-10-25-22)31(28,29)27(19)13-18-7-1-2-9-24-18;3*3-2(4,5)1(6)7/h1-11,19-20H,12-15H2;3*(H,6,7). The molecule has 1 saturated heterocycles. The van der Waals surface area contributed by atoms with Crippen LogP contribution >= 0.6 is 0 Å². The molecule has 5 rings (SSSR count). The predicted octanol–water partition coefficient (Wildman–Crippen LogP) is 4.35. The molecule has 13 nitrogen and oxygen atoms in total. The normalized spacial score (nSPS) is 18.2. The Morgan fingerprint density at radius 1 is 0.750 bits per heavy atom. The Hall–Kier alpha value is -5.10. The van der Waals surface area contributed by atoms with E-state index in [4.69, 9.17) is 34.4 Å². The molecular weight excluding hydrogens is 758 g/mol. The van der Waals surface area contributed by atoms with Crippen molar-refractivity contribution in [2.24, 2.45) is 0 Å². The SMILES string of the molecule is O=C(O)C(F)(F)F.O=C(O)C(F)(F)F.O=C(O)C(F)(F)F.O=S1(=O)c2cccnc2OC2CN(Cc3cccc(F)c3)CC2N1Cc1ccccn1. The molecule has 2 aliphatic rings. The summed E-state index contributed by atoms with van der Waals surface area (Å²) in [7, 11) is -3.86. The van der Waals surface area contributed by atoms with Crippen LogP contribution in [0.3, 0.4) is 0 Å². The van der Waals surface area contributed by atoms with Crippen molar-refractivity contribution in [3.8, 4) is 5.88 Å². The maximum atomic E-state index is 13.6. The lowest BCUT2D eigenvalue weighted by atomic mass is 10.2. The van der Waals surface area contributed by atoms with Crippen molar-refractivity contribution in [3.05, 3.63) is 84.1 Å². The van der Waals surface area contributed by atoms with Crippen molar-refractivity contribution in [2.45, 2.75) is 48.7 Å². The number of benzene rings is 1. The van der Waals surface area contributed by atoms with Gasteiger partial charge in [-0.05, 0) is 42.0 Å². The minimum atomic E-state index is -5.08. The molecule has 1 fully saturated rings. The van der Waals surface area contributed by atoms with Gasteiger partial charge in [0.05, 0.1) is 18.3 Å². The number of rotatable bonds is 4. The minimum Gasteiger partial charge on any atom is -0.475 e. The fourth-order valence-corrected chi connectivity index (χ4v) is 5.90. The molecule has 24 heteroatoms. The number of sulfonamides is 1. The van der Waals surface area contributed by atoms with Gasteiger partial charge < -0.3 is 20.1 Å². The van der Waals surface area contributed by atoms with Gasteiger partial charge in [0.2, 0.25) is 15.9 Å². The molecule has 0 bridgehead atoms. The number of pyridine rings is 2. The summed E-state index contributed by atoms with van der Waals surface area (Å²) in [5.41, 5.74) is 1.48. The van der Waals surface area contributed by atoms with Crippen molar-refractivity contribution in [1.82, 2.24) is 19.2 Å². The van der Waals surface area contributed by atoms with Crippen LogP contribution in [0, 0.1) is 5.82 Å². The van der Waals surface area contributed by atoms with E-state index in [1.807, 2.05) is 12.1 Å². The summed E-state index contributed by atoms with van der Waals surface area (Å²) in [6, 6.07) is 14.6. The lowest BCUT2D eigenvalue weighted by Gasteiger charge is -2.27. The zero-order chi connectivity index (χ0) is 39.7. The maximum absolute atomic E-state index is 13.6. The van der Waals surface area contributed by atoms with Gasteiger partial charge in [-0.1, -0.05) is 18.2 Å². The fraction of sp³-hybridized carbons (Fsp3) is 0.321. The Kier molecular flexibility index (Phi) is 14.4. The van der Waals surface area contributed by atoms with Crippen molar-refractivity contribution < 1.29 is 86.8 Å². The van der Waals surface area contributed by atoms with Crippen LogP contribution in [0.25, 0.3) is 0 Å². The van der Waals surface area contributed by atoms with Crippen LogP contribution < -0.4 is 4.74 Å². The lowest BCUT2D eigenvalue weighted by molar-refractivity contribution is -0.193. The molecule has 1 aromatic carbocycles. The Balaban J connectivity index is 0.000000365. The number of carbonyl (C=O) groups is 3. The number of carboxylic acid groups (broad SMARTS) is 3. The third kappa shape index (κ3) is 12.9. The average molecular weight is 783 g/mol. The van der Waals surface area contributed by atoms with Gasteiger partial charge >= 0.3 is 36.4 Å². The summed E-state index contributed by atoms with van der Waals surface area (Å²) < 4.78 is 144. The van der Waals surface area contributed by atoms with Gasteiger partial charge in [0, 0.05) is 32.0 Å². The van der Waals surface area contributed by atoms with Crippen molar-refractivity contribution in [2.75, 3.05) is 13.1 Å². The highest BCUT2D eigenvalue weighted by atomic mass is 32.2. The highest BCUT2D eigenvalue weighted by Crippen LogP contribution is 2.36. The number of ether oxygens (including phenoxy) is 1. The molecule has 52 heavy (non-hydrogen) atoms. The first-order valence-corrected chi connectivity index (χ1v) is 15.2. The third-order valence-corrected chi connectivity index (χ3v) is 8.22. The third-order valence-electron chi connectivity index (χ3n) is 6.34. The van der Waals surface area contributed by atoms with Crippen molar-refractivity contribution >= 4 is 27.9 Å². The number of aromatic nitrogens is 2. The molecular formula is C28H24F10N4O9S. The second kappa shape index (κ2) is 17.4. The molecule has 2 aromatic heterocycles. The van der Waals surface area contributed by atoms with Gasteiger partial charge in [-0.15, -0.1) is 0 Å². The molecule has 4 heterocycles. The van der Waals surface area contributed by atoms with E-state index in [-0.39, 0.29) is 23.1 Å². The van der Waals surface area contributed by atoms with Gasteiger partial charge in [0.15, 0.2) is 0 Å². The van der Waals surface area contributed by atoms with E-state index < -0.39 is 58.6 Å². The topological polar surface area (TPSA) is 188 Å². The second-order valence-electron chi connectivity index (χ2n) is 10.1. The van der Waals surface area contributed by atoms with Crippen LogP contribution in [-0.2, 0) is 37.5 Å². The van der Waals surface area contributed by atoms with Crippen LogP contribution in [0.2, 0.25) is 0 Å². The summed E-state index contributed by atoms with van der Waals surface area (Å²) in [5.74, 6) is -8.44. The van der Waals surface area contributed by atoms with Gasteiger partial charge in [-0.25, -0.2) is 32.2 Å². The van der Waals surface area contributed by atoms with Crippen LogP contribution in [0.5, 0.6) is 5.88 Å². The maximum Gasteiger partial charge on any atom is 0.490 e. The minimum absolute atomic E-state index is 0.0667. The summed E-state index contributed by atoms with van der Waals surface area (Å²) >= 11 is 0. The quantitative estimate of drug-likeness (QED) is 0.318. The monoisotopic (exact) mass is 782 g/mol. The molecule has 2 atom stereocenters. The van der Waals surface area contributed by atoms with Crippen LogP contribution in [-0.4, -0.2) is 105 Å². The Labute approximate surface area is 285 Å². The largest absolute Gasteiger partial charge is 0.490 e. The van der Waals surface area contributed by atoms with Gasteiger partial charge in [0.25, 0.3) is 0 Å². The van der Waals surface area contributed by atoms with Gasteiger partial charge in [-0.3, -0.25) is 9.88 Å². The molecule has 3 aromatic rings. The van der Waals surface area contributed by atoms with E-state index >= 15 is 0 Å². The van der Waals surface area contributed by atoms with E-state index in [2.05, 4.69) is 14.9 Å². The molecule has 0 radical (unpaired) electrons. The number of alkyl halides is 9. The van der Waals surface area contributed by atoms with Gasteiger partial charge in [0.1, 0.15) is 16.8 Å². The summed E-state index contributed by atoms with van der Waals surface area (Å²) in [6.07, 6.45) is -12.5. The molecule has 0 spiro atoms. The van der Waals surface area contributed by atoms with Crippen LogP contribution in [0.15, 0.2) is 71.9 Å². The van der Waals surface area contributed by atoms with E-state index in [9.17, 15) is 52.3 Å². The van der Waals surface area contributed by atoms with E-state index in [0.717, 1.165) is 5.56 Å². The molecule has 0 amide bonds. The second-order valence-corrected chi connectivity index (χ2v) is 12.0. The number of likely N-dealkylation sites (tertiary alicyclic amines) is 1. The first kappa shape index (κ1) is 43.1. The Morgan fingerprint density at radius 3 is 1.77 bits per heavy atom. The number of nitrogens with zero attached hydrogens (tertiary/aromatic N) is 4. The molecule has 2 aliphatic heterocycles. The molecule has 3 N–H and O–H groups in total. The molecule has 2 unspecified atom stereocenters. The number of aliphatic carboxylic acids is 3. The van der Waals surface area contributed by atoms with E-state index in [0.29, 0.717) is 25.3 Å². The number of halogens is 10. The Bertz CT molecular complexity index is 1740. The summed E-state index contributed by atoms with van der Waals surface area (Å²) in [4.78, 5) is 37.3. The van der Waals surface area contributed by atoms with Crippen molar-refractivity contribution in [1.29, 1.82) is 0 Å². The van der Waals surface area contributed by atoms with E-state index in [1.54, 1.807) is 30.5 Å². The Morgan fingerprint density at radius 2 is 1.29 bits per heavy atom.